The molecule has 0 aromatic heterocycles. The summed E-state index contributed by atoms with van der Waals surface area (Å²) in [6.45, 7) is 3.72. The average Bonchev–Trinajstić information content (AvgIpc) is 2.91. The number of imide groups is 1. The fraction of sp³-hybridized carbons (Fsp3) is 0.846. The molecule has 0 bridgehead atoms. The molecular formula is C13H21NO3. The van der Waals surface area contributed by atoms with Crippen molar-refractivity contribution < 1.29 is 14.7 Å². The molecule has 0 spiro atoms. The Hall–Kier alpha value is -0.900. The number of rotatable bonds is 4. The molecule has 1 aliphatic carbocycles. The summed E-state index contributed by atoms with van der Waals surface area (Å²) in [5.74, 6) is -0.302. The van der Waals surface area contributed by atoms with Crippen LogP contribution in [0.2, 0.25) is 0 Å². The third-order valence-corrected chi connectivity index (χ3v) is 4.68. The Labute approximate surface area is 102 Å². The molecule has 2 amide bonds. The fourth-order valence-corrected chi connectivity index (χ4v) is 3.32. The minimum atomic E-state index is -0.668. The van der Waals surface area contributed by atoms with E-state index < -0.39 is 5.54 Å². The lowest BCUT2D eigenvalue weighted by atomic mass is 9.91. The molecular weight excluding hydrogens is 218 g/mol. The van der Waals surface area contributed by atoms with Gasteiger partial charge in [-0.15, -0.1) is 0 Å². The summed E-state index contributed by atoms with van der Waals surface area (Å²) in [6, 6.07) is 0. The molecule has 2 fully saturated rings. The van der Waals surface area contributed by atoms with Crippen molar-refractivity contribution in [2.75, 3.05) is 6.61 Å². The number of carbonyl (C=O) groups excluding carboxylic acids is 2. The van der Waals surface area contributed by atoms with Crippen LogP contribution in [0.25, 0.3) is 0 Å². The van der Waals surface area contributed by atoms with Crippen LogP contribution in [0.15, 0.2) is 0 Å². The van der Waals surface area contributed by atoms with Gasteiger partial charge in [-0.05, 0) is 25.7 Å². The third-order valence-electron chi connectivity index (χ3n) is 4.68. The van der Waals surface area contributed by atoms with E-state index >= 15 is 0 Å². The molecule has 0 aromatic carbocycles. The number of aliphatic hydroxyl groups excluding tert-OH is 1. The Morgan fingerprint density at radius 2 is 1.65 bits per heavy atom. The lowest BCUT2D eigenvalue weighted by Crippen LogP contribution is -2.54. The van der Waals surface area contributed by atoms with Gasteiger partial charge < -0.3 is 5.11 Å². The topological polar surface area (TPSA) is 57.6 Å². The maximum absolute atomic E-state index is 12.3. The Morgan fingerprint density at radius 1 is 1.18 bits per heavy atom. The molecule has 1 heterocycles. The SMILES string of the molecule is CCC(CC)(CO)N1C(=O)C2CCCC2C1=O. The van der Waals surface area contributed by atoms with E-state index in [4.69, 9.17) is 0 Å². The average molecular weight is 239 g/mol. The summed E-state index contributed by atoms with van der Waals surface area (Å²) < 4.78 is 0. The van der Waals surface area contributed by atoms with Crippen LogP contribution in [0.5, 0.6) is 0 Å². The Balaban J connectivity index is 2.33. The third kappa shape index (κ3) is 1.61. The highest BCUT2D eigenvalue weighted by atomic mass is 16.3. The van der Waals surface area contributed by atoms with E-state index in [1.54, 1.807) is 0 Å². The largest absolute Gasteiger partial charge is 0.394 e. The minimum Gasteiger partial charge on any atom is -0.394 e. The van der Waals surface area contributed by atoms with Crippen molar-refractivity contribution in [2.45, 2.75) is 51.5 Å². The van der Waals surface area contributed by atoms with Crippen LogP contribution in [-0.4, -0.2) is 34.0 Å². The maximum Gasteiger partial charge on any atom is 0.233 e. The highest BCUT2D eigenvalue weighted by Crippen LogP contribution is 2.43. The molecule has 2 atom stereocenters. The number of hydrogen-bond donors (Lipinski definition) is 1. The quantitative estimate of drug-likeness (QED) is 0.753. The Kier molecular flexibility index (Phi) is 3.25. The molecule has 96 valence electrons. The van der Waals surface area contributed by atoms with Crippen LogP contribution in [0.3, 0.4) is 0 Å². The van der Waals surface area contributed by atoms with E-state index in [0.29, 0.717) is 12.8 Å². The van der Waals surface area contributed by atoms with E-state index in [2.05, 4.69) is 0 Å². The van der Waals surface area contributed by atoms with Gasteiger partial charge in [0, 0.05) is 0 Å². The molecule has 1 aliphatic heterocycles. The number of carbonyl (C=O) groups is 2. The molecule has 2 rings (SSSR count). The van der Waals surface area contributed by atoms with E-state index in [0.717, 1.165) is 19.3 Å². The second-order valence-electron chi connectivity index (χ2n) is 5.25. The first-order valence-corrected chi connectivity index (χ1v) is 6.60. The summed E-state index contributed by atoms with van der Waals surface area (Å²) in [6.07, 6.45) is 3.89. The van der Waals surface area contributed by atoms with E-state index in [-0.39, 0.29) is 30.3 Å². The summed E-state index contributed by atoms with van der Waals surface area (Å²) in [5, 5.41) is 9.59. The summed E-state index contributed by atoms with van der Waals surface area (Å²) >= 11 is 0. The number of hydrogen-bond acceptors (Lipinski definition) is 3. The summed E-state index contributed by atoms with van der Waals surface area (Å²) in [7, 11) is 0. The van der Waals surface area contributed by atoms with E-state index in [1.807, 2.05) is 13.8 Å². The van der Waals surface area contributed by atoms with Gasteiger partial charge in [-0.25, -0.2) is 0 Å². The van der Waals surface area contributed by atoms with Crippen LogP contribution in [0.4, 0.5) is 0 Å². The lowest BCUT2D eigenvalue weighted by molar-refractivity contribution is -0.150. The number of nitrogens with zero attached hydrogens (tertiary/aromatic N) is 1. The van der Waals surface area contributed by atoms with Gasteiger partial charge in [0.25, 0.3) is 0 Å². The first-order valence-electron chi connectivity index (χ1n) is 6.60. The van der Waals surface area contributed by atoms with Gasteiger partial charge in [-0.2, -0.15) is 0 Å². The second-order valence-corrected chi connectivity index (χ2v) is 5.25. The molecule has 0 radical (unpaired) electrons. The Bertz CT molecular complexity index is 305. The van der Waals surface area contributed by atoms with Gasteiger partial charge in [0.05, 0.1) is 24.0 Å². The highest BCUT2D eigenvalue weighted by Gasteiger charge is 2.55. The van der Waals surface area contributed by atoms with Crippen molar-refractivity contribution in [3.63, 3.8) is 0 Å². The number of aliphatic hydroxyl groups is 1. The molecule has 2 aliphatic rings. The number of amides is 2. The van der Waals surface area contributed by atoms with Gasteiger partial charge in [0.15, 0.2) is 0 Å². The normalized spacial score (nSPS) is 29.0. The summed E-state index contributed by atoms with van der Waals surface area (Å²) in [4.78, 5) is 26.0. The molecule has 2 unspecified atom stereocenters. The minimum absolute atomic E-state index is 0.0461. The molecule has 1 saturated carbocycles. The van der Waals surface area contributed by atoms with Crippen molar-refractivity contribution in [3.05, 3.63) is 0 Å². The maximum atomic E-state index is 12.3. The van der Waals surface area contributed by atoms with Gasteiger partial charge in [-0.3, -0.25) is 14.5 Å². The van der Waals surface area contributed by atoms with Gasteiger partial charge >= 0.3 is 0 Å². The molecule has 0 aromatic rings. The van der Waals surface area contributed by atoms with Crippen LogP contribution >= 0.6 is 0 Å². The van der Waals surface area contributed by atoms with Gasteiger partial charge in [-0.1, -0.05) is 20.3 Å². The van der Waals surface area contributed by atoms with Gasteiger partial charge in [0.1, 0.15) is 0 Å². The first kappa shape index (κ1) is 12.6. The van der Waals surface area contributed by atoms with Crippen molar-refractivity contribution in [2.24, 2.45) is 11.8 Å². The summed E-state index contributed by atoms with van der Waals surface area (Å²) in [5.41, 5.74) is -0.668. The molecule has 1 saturated heterocycles. The van der Waals surface area contributed by atoms with E-state index in [9.17, 15) is 14.7 Å². The Morgan fingerprint density at radius 3 is 2.00 bits per heavy atom. The van der Waals surface area contributed by atoms with Crippen molar-refractivity contribution in [3.8, 4) is 0 Å². The second kappa shape index (κ2) is 4.41. The van der Waals surface area contributed by atoms with Gasteiger partial charge in [0.2, 0.25) is 11.8 Å². The van der Waals surface area contributed by atoms with Crippen molar-refractivity contribution in [1.29, 1.82) is 0 Å². The number of likely N-dealkylation sites (tertiary alicyclic amines) is 1. The standard InChI is InChI=1S/C13H21NO3/c1-3-13(4-2,8-15)14-11(16)9-6-5-7-10(9)12(14)17/h9-10,15H,3-8H2,1-2H3. The molecule has 17 heavy (non-hydrogen) atoms. The van der Waals surface area contributed by atoms with Crippen molar-refractivity contribution in [1.82, 2.24) is 4.90 Å². The zero-order chi connectivity index (χ0) is 12.6. The monoisotopic (exact) mass is 239 g/mol. The molecule has 4 nitrogen and oxygen atoms in total. The number of fused-ring (bicyclic) bond motifs is 1. The fourth-order valence-electron chi connectivity index (χ4n) is 3.32. The van der Waals surface area contributed by atoms with E-state index in [1.165, 1.54) is 4.90 Å². The van der Waals surface area contributed by atoms with Crippen LogP contribution in [0.1, 0.15) is 46.0 Å². The molecule has 1 N–H and O–H groups in total. The predicted molar refractivity (Wildman–Crippen MR) is 63.1 cm³/mol. The molecule has 4 heteroatoms. The van der Waals surface area contributed by atoms with Crippen LogP contribution < -0.4 is 0 Å². The first-order chi connectivity index (χ1) is 8.11. The smallest absolute Gasteiger partial charge is 0.233 e. The van der Waals surface area contributed by atoms with Crippen molar-refractivity contribution >= 4 is 11.8 Å². The highest BCUT2D eigenvalue weighted by molar-refractivity contribution is 6.06. The predicted octanol–water partition coefficient (Wildman–Crippen LogP) is 1.32. The van der Waals surface area contributed by atoms with Crippen LogP contribution in [-0.2, 0) is 9.59 Å². The zero-order valence-electron chi connectivity index (χ0n) is 10.6. The lowest BCUT2D eigenvalue weighted by Gasteiger charge is -2.38. The van der Waals surface area contributed by atoms with Crippen LogP contribution in [0, 0.1) is 11.8 Å². The zero-order valence-corrected chi connectivity index (χ0v) is 10.6.